The molecule has 0 amide bonds. The van der Waals surface area contributed by atoms with Gasteiger partial charge in [-0.3, -0.25) is 4.90 Å². The highest BCUT2D eigenvalue weighted by atomic mass is 32.2. The van der Waals surface area contributed by atoms with Gasteiger partial charge in [-0.25, -0.2) is 17.5 Å². The van der Waals surface area contributed by atoms with Crippen molar-refractivity contribution in [3.8, 4) is 0 Å². The zero-order chi connectivity index (χ0) is 16.2. The van der Waals surface area contributed by atoms with Crippen LogP contribution in [0.15, 0.2) is 23.1 Å². The number of nitrogens with one attached hydrogen (secondary N) is 1. The number of aryl methyl sites for hydroxylation is 1. The highest BCUT2D eigenvalue weighted by Gasteiger charge is 2.19. The van der Waals surface area contributed by atoms with Crippen LogP contribution in [0.1, 0.15) is 33.3 Å². The normalized spacial score (nSPS) is 12.6. The Kier molecular flexibility index (Phi) is 6.31. The lowest BCUT2D eigenvalue weighted by atomic mass is 10.2. The van der Waals surface area contributed by atoms with E-state index in [1.54, 1.807) is 6.92 Å². The second-order valence-electron chi connectivity index (χ2n) is 5.73. The van der Waals surface area contributed by atoms with E-state index in [0.29, 0.717) is 30.7 Å². The van der Waals surface area contributed by atoms with E-state index in [9.17, 15) is 12.8 Å². The highest BCUT2D eigenvalue weighted by Crippen LogP contribution is 2.16. The summed E-state index contributed by atoms with van der Waals surface area (Å²) >= 11 is 0. The van der Waals surface area contributed by atoms with Crippen LogP contribution in [-0.4, -0.2) is 38.5 Å². The van der Waals surface area contributed by atoms with Crippen molar-refractivity contribution in [2.75, 3.05) is 13.1 Å². The van der Waals surface area contributed by atoms with Crippen molar-refractivity contribution in [2.45, 2.75) is 51.6 Å². The number of benzene rings is 1. The van der Waals surface area contributed by atoms with Gasteiger partial charge in [0.1, 0.15) is 5.82 Å². The molecule has 0 spiro atoms. The second kappa shape index (κ2) is 7.33. The SMILES string of the molecule is Cc1ccc(F)cc1S(=O)(=O)NCCN(C(C)C)C(C)C. The summed E-state index contributed by atoms with van der Waals surface area (Å²) in [6.45, 7) is 10.9. The maximum Gasteiger partial charge on any atom is 0.240 e. The van der Waals surface area contributed by atoms with Crippen LogP contribution in [0.2, 0.25) is 0 Å². The molecule has 4 nitrogen and oxygen atoms in total. The van der Waals surface area contributed by atoms with Gasteiger partial charge < -0.3 is 0 Å². The van der Waals surface area contributed by atoms with Crippen LogP contribution in [0.25, 0.3) is 0 Å². The second-order valence-corrected chi connectivity index (χ2v) is 7.47. The molecule has 1 aromatic carbocycles. The molecule has 6 heteroatoms. The van der Waals surface area contributed by atoms with Crippen molar-refractivity contribution < 1.29 is 12.8 Å². The van der Waals surface area contributed by atoms with Crippen LogP contribution in [0.4, 0.5) is 4.39 Å². The zero-order valence-corrected chi connectivity index (χ0v) is 14.2. The van der Waals surface area contributed by atoms with Crippen LogP contribution in [-0.2, 0) is 10.0 Å². The smallest absolute Gasteiger partial charge is 0.240 e. The topological polar surface area (TPSA) is 49.4 Å². The molecule has 1 rings (SSSR count). The van der Waals surface area contributed by atoms with Crippen molar-refractivity contribution in [2.24, 2.45) is 0 Å². The first-order valence-corrected chi connectivity index (χ1v) is 8.65. The lowest BCUT2D eigenvalue weighted by Crippen LogP contribution is -2.42. The molecule has 0 aromatic heterocycles. The van der Waals surface area contributed by atoms with Crippen LogP contribution >= 0.6 is 0 Å². The van der Waals surface area contributed by atoms with Crippen LogP contribution < -0.4 is 4.72 Å². The monoisotopic (exact) mass is 316 g/mol. The van der Waals surface area contributed by atoms with Crippen molar-refractivity contribution in [1.29, 1.82) is 0 Å². The Morgan fingerprint density at radius 3 is 2.29 bits per heavy atom. The fourth-order valence-electron chi connectivity index (χ4n) is 2.36. The maximum atomic E-state index is 13.2. The van der Waals surface area contributed by atoms with Gasteiger partial charge in [0.25, 0.3) is 0 Å². The molecule has 0 radical (unpaired) electrons. The van der Waals surface area contributed by atoms with E-state index < -0.39 is 15.8 Å². The third-order valence-corrected chi connectivity index (χ3v) is 5.03. The van der Waals surface area contributed by atoms with E-state index in [1.807, 2.05) is 0 Å². The molecular weight excluding hydrogens is 291 g/mol. The summed E-state index contributed by atoms with van der Waals surface area (Å²) in [6.07, 6.45) is 0. The summed E-state index contributed by atoms with van der Waals surface area (Å²) in [7, 11) is -3.68. The summed E-state index contributed by atoms with van der Waals surface area (Å²) in [4.78, 5) is 2.20. The van der Waals surface area contributed by atoms with Gasteiger partial charge in [-0.15, -0.1) is 0 Å². The van der Waals surface area contributed by atoms with E-state index in [4.69, 9.17) is 0 Å². The molecule has 0 unspecified atom stereocenters. The minimum Gasteiger partial charge on any atom is -0.297 e. The zero-order valence-electron chi connectivity index (χ0n) is 13.4. The average Bonchev–Trinajstić information content (AvgIpc) is 2.36. The van der Waals surface area contributed by atoms with Crippen molar-refractivity contribution in [1.82, 2.24) is 9.62 Å². The first-order chi connectivity index (χ1) is 9.65. The Labute approximate surface area is 127 Å². The Morgan fingerprint density at radius 1 is 1.19 bits per heavy atom. The van der Waals surface area contributed by atoms with Gasteiger partial charge >= 0.3 is 0 Å². The van der Waals surface area contributed by atoms with Gasteiger partial charge in [-0.2, -0.15) is 0 Å². The third kappa shape index (κ3) is 5.05. The molecule has 0 saturated carbocycles. The molecule has 120 valence electrons. The van der Waals surface area contributed by atoms with Crippen molar-refractivity contribution in [3.63, 3.8) is 0 Å². The summed E-state index contributed by atoms with van der Waals surface area (Å²) < 4.78 is 40.2. The molecule has 0 aliphatic rings. The number of halogens is 1. The summed E-state index contributed by atoms with van der Waals surface area (Å²) in [5.74, 6) is -0.549. The number of rotatable bonds is 7. The largest absolute Gasteiger partial charge is 0.297 e. The number of hydrogen-bond donors (Lipinski definition) is 1. The highest BCUT2D eigenvalue weighted by molar-refractivity contribution is 7.89. The first-order valence-electron chi connectivity index (χ1n) is 7.16. The van der Waals surface area contributed by atoms with Gasteiger partial charge in [0.2, 0.25) is 10.0 Å². The predicted molar refractivity (Wildman–Crippen MR) is 83.3 cm³/mol. The molecule has 0 heterocycles. The van der Waals surface area contributed by atoms with Crippen LogP contribution in [0.3, 0.4) is 0 Å². The molecule has 1 N–H and O–H groups in total. The first kappa shape index (κ1) is 18.1. The molecule has 0 aliphatic carbocycles. The van der Waals surface area contributed by atoms with Gasteiger partial charge in [0, 0.05) is 25.2 Å². The number of nitrogens with zero attached hydrogens (tertiary/aromatic N) is 1. The fourth-order valence-corrected chi connectivity index (χ4v) is 3.64. The van der Waals surface area contributed by atoms with Gasteiger partial charge in [0.15, 0.2) is 0 Å². The van der Waals surface area contributed by atoms with Crippen LogP contribution in [0, 0.1) is 12.7 Å². The molecule has 0 aliphatic heterocycles. The average molecular weight is 316 g/mol. The van der Waals surface area contributed by atoms with Gasteiger partial charge in [0.05, 0.1) is 4.90 Å². The van der Waals surface area contributed by atoms with E-state index >= 15 is 0 Å². The number of hydrogen-bond acceptors (Lipinski definition) is 3. The van der Waals surface area contributed by atoms with Gasteiger partial charge in [-0.05, 0) is 52.3 Å². The molecule has 0 saturated heterocycles. The lowest BCUT2D eigenvalue weighted by Gasteiger charge is -2.30. The minimum atomic E-state index is -3.68. The standard InChI is InChI=1S/C15H25FN2O2S/c1-11(2)18(12(3)4)9-8-17-21(19,20)15-10-14(16)7-6-13(15)5/h6-7,10-12,17H,8-9H2,1-5H3. The minimum absolute atomic E-state index is 0.00291. The molecule has 0 atom stereocenters. The van der Waals surface area contributed by atoms with Gasteiger partial charge in [-0.1, -0.05) is 6.07 Å². The summed E-state index contributed by atoms with van der Waals surface area (Å²) in [6, 6.07) is 4.46. The Balaban J connectivity index is 2.76. The molecule has 1 aromatic rings. The molecular formula is C15H25FN2O2S. The maximum absolute atomic E-state index is 13.2. The van der Waals surface area contributed by atoms with E-state index in [0.717, 1.165) is 6.07 Å². The van der Waals surface area contributed by atoms with E-state index in [1.165, 1.54) is 12.1 Å². The van der Waals surface area contributed by atoms with Crippen molar-refractivity contribution in [3.05, 3.63) is 29.6 Å². The Bertz CT molecular complexity index is 563. The molecule has 21 heavy (non-hydrogen) atoms. The molecule has 0 fully saturated rings. The quantitative estimate of drug-likeness (QED) is 0.841. The van der Waals surface area contributed by atoms with E-state index in [2.05, 4.69) is 37.3 Å². The third-order valence-electron chi connectivity index (χ3n) is 3.43. The molecule has 0 bridgehead atoms. The Hall–Kier alpha value is -0.980. The summed E-state index contributed by atoms with van der Waals surface area (Å²) in [5.41, 5.74) is 0.536. The van der Waals surface area contributed by atoms with Crippen LogP contribution in [0.5, 0.6) is 0 Å². The predicted octanol–water partition coefficient (Wildman–Crippen LogP) is 2.53. The van der Waals surface area contributed by atoms with Crippen molar-refractivity contribution >= 4 is 10.0 Å². The lowest BCUT2D eigenvalue weighted by molar-refractivity contribution is 0.179. The summed E-state index contributed by atoms with van der Waals surface area (Å²) in [5, 5.41) is 0. The number of sulfonamides is 1. The van der Waals surface area contributed by atoms with E-state index in [-0.39, 0.29) is 4.90 Å². The Morgan fingerprint density at radius 2 is 1.76 bits per heavy atom. The fraction of sp³-hybridized carbons (Fsp3) is 0.600.